The van der Waals surface area contributed by atoms with Crippen molar-refractivity contribution in [2.45, 2.75) is 6.92 Å². The van der Waals surface area contributed by atoms with Crippen LogP contribution in [0.15, 0.2) is 54.6 Å². The summed E-state index contributed by atoms with van der Waals surface area (Å²) in [5, 5.41) is 7.32. The highest BCUT2D eigenvalue weighted by Crippen LogP contribution is 2.19. The molecular weight excluding hydrogens is 328 g/mol. The van der Waals surface area contributed by atoms with E-state index in [4.69, 9.17) is 4.74 Å². The maximum Gasteiger partial charge on any atom is 0.276 e. The van der Waals surface area contributed by atoms with Gasteiger partial charge in [0.2, 0.25) is 0 Å². The smallest absolute Gasteiger partial charge is 0.276 e. The number of nitrogens with zero attached hydrogens (tertiary/aromatic N) is 3. The van der Waals surface area contributed by atoms with Crippen LogP contribution >= 0.6 is 0 Å². The molecule has 0 radical (unpaired) electrons. The SMILES string of the molecule is COc1cccc(-n2nc(C(=O)Nc3ccc(N(C)C)cc3)cc2C)c1. The summed E-state index contributed by atoms with van der Waals surface area (Å²) in [6, 6.07) is 17.0. The summed E-state index contributed by atoms with van der Waals surface area (Å²) in [6.45, 7) is 1.91. The lowest BCUT2D eigenvalue weighted by Crippen LogP contribution is -2.13. The van der Waals surface area contributed by atoms with Crippen LogP contribution in [0.5, 0.6) is 5.75 Å². The largest absolute Gasteiger partial charge is 0.497 e. The van der Waals surface area contributed by atoms with Crippen molar-refractivity contribution in [1.82, 2.24) is 9.78 Å². The molecule has 3 rings (SSSR count). The van der Waals surface area contributed by atoms with E-state index >= 15 is 0 Å². The van der Waals surface area contributed by atoms with Crippen molar-refractivity contribution in [3.63, 3.8) is 0 Å². The fraction of sp³-hybridized carbons (Fsp3) is 0.200. The van der Waals surface area contributed by atoms with Crippen molar-refractivity contribution in [2.24, 2.45) is 0 Å². The molecule has 0 saturated heterocycles. The Morgan fingerprint density at radius 1 is 1.12 bits per heavy atom. The van der Waals surface area contributed by atoms with Gasteiger partial charge in [-0.1, -0.05) is 6.07 Å². The third kappa shape index (κ3) is 3.69. The second kappa shape index (κ2) is 7.31. The van der Waals surface area contributed by atoms with Gasteiger partial charge >= 0.3 is 0 Å². The molecule has 0 spiro atoms. The second-order valence-corrected chi connectivity index (χ2v) is 6.18. The lowest BCUT2D eigenvalue weighted by molar-refractivity contribution is 0.102. The molecule has 26 heavy (non-hydrogen) atoms. The van der Waals surface area contributed by atoms with Gasteiger partial charge in [-0.25, -0.2) is 4.68 Å². The van der Waals surface area contributed by atoms with Crippen molar-refractivity contribution in [2.75, 3.05) is 31.4 Å². The number of aryl methyl sites for hydroxylation is 1. The number of amides is 1. The lowest BCUT2D eigenvalue weighted by Gasteiger charge is -2.12. The number of hydrogen-bond donors (Lipinski definition) is 1. The maximum absolute atomic E-state index is 12.5. The molecule has 1 aromatic heterocycles. The Labute approximate surface area is 153 Å². The summed E-state index contributed by atoms with van der Waals surface area (Å²) in [6.07, 6.45) is 0. The number of benzene rings is 2. The molecule has 134 valence electrons. The molecular formula is C20H22N4O2. The molecule has 0 atom stereocenters. The number of anilines is 2. The van der Waals surface area contributed by atoms with Gasteiger partial charge < -0.3 is 15.0 Å². The van der Waals surface area contributed by atoms with E-state index in [0.717, 1.165) is 28.5 Å². The number of methoxy groups -OCH3 is 1. The molecule has 0 aliphatic carbocycles. The number of aromatic nitrogens is 2. The van der Waals surface area contributed by atoms with Crippen molar-refractivity contribution in [3.8, 4) is 11.4 Å². The minimum absolute atomic E-state index is 0.243. The molecule has 1 N–H and O–H groups in total. The first kappa shape index (κ1) is 17.5. The molecule has 0 fully saturated rings. The van der Waals surface area contributed by atoms with Crippen molar-refractivity contribution < 1.29 is 9.53 Å². The van der Waals surface area contributed by atoms with Crippen LogP contribution in [0.4, 0.5) is 11.4 Å². The summed E-state index contributed by atoms with van der Waals surface area (Å²) in [4.78, 5) is 14.5. The van der Waals surface area contributed by atoms with Crippen molar-refractivity contribution >= 4 is 17.3 Å². The van der Waals surface area contributed by atoms with Crippen LogP contribution in [0.2, 0.25) is 0 Å². The molecule has 0 bridgehead atoms. The topological polar surface area (TPSA) is 59.4 Å². The average molecular weight is 350 g/mol. The summed E-state index contributed by atoms with van der Waals surface area (Å²) >= 11 is 0. The van der Waals surface area contributed by atoms with E-state index < -0.39 is 0 Å². The predicted octanol–water partition coefficient (Wildman–Crippen LogP) is 3.51. The number of rotatable bonds is 5. The fourth-order valence-corrected chi connectivity index (χ4v) is 2.63. The van der Waals surface area contributed by atoms with Crippen molar-refractivity contribution in [3.05, 3.63) is 66.0 Å². The zero-order chi connectivity index (χ0) is 18.7. The first-order valence-corrected chi connectivity index (χ1v) is 8.28. The van der Waals surface area contributed by atoms with Gasteiger partial charge in [-0.2, -0.15) is 5.10 Å². The number of nitrogens with one attached hydrogen (secondary N) is 1. The van der Waals surface area contributed by atoms with Gasteiger partial charge in [0.1, 0.15) is 5.75 Å². The van der Waals surface area contributed by atoms with E-state index in [1.165, 1.54) is 0 Å². The van der Waals surface area contributed by atoms with Gasteiger partial charge in [0.25, 0.3) is 5.91 Å². The molecule has 0 aliphatic heterocycles. The number of hydrogen-bond acceptors (Lipinski definition) is 4. The second-order valence-electron chi connectivity index (χ2n) is 6.18. The standard InChI is InChI=1S/C20H22N4O2/c1-14-12-19(22-24(14)17-6-5-7-18(13-17)26-4)20(25)21-15-8-10-16(11-9-15)23(2)3/h5-13H,1-4H3,(H,21,25). The zero-order valence-corrected chi connectivity index (χ0v) is 15.4. The summed E-state index contributed by atoms with van der Waals surface area (Å²) in [7, 11) is 5.57. The molecule has 0 unspecified atom stereocenters. The minimum Gasteiger partial charge on any atom is -0.497 e. The van der Waals surface area contributed by atoms with Gasteiger partial charge in [0.15, 0.2) is 5.69 Å². The Morgan fingerprint density at radius 2 is 1.85 bits per heavy atom. The lowest BCUT2D eigenvalue weighted by atomic mass is 10.2. The van der Waals surface area contributed by atoms with E-state index in [2.05, 4.69) is 10.4 Å². The van der Waals surface area contributed by atoms with Crippen LogP contribution in [0.3, 0.4) is 0 Å². The summed E-state index contributed by atoms with van der Waals surface area (Å²) in [5.74, 6) is 0.497. The van der Waals surface area contributed by atoms with Crippen LogP contribution in [-0.2, 0) is 0 Å². The fourth-order valence-electron chi connectivity index (χ4n) is 2.63. The van der Waals surface area contributed by atoms with E-state index in [0.29, 0.717) is 5.69 Å². The summed E-state index contributed by atoms with van der Waals surface area (Å²) in [5.41, 5.74) is 3.87. The highest BCUT2D eigenvalue weighted by molar-refractivity contribution is 6.03. The third-order valence-electron chi connectivity index (χ3n) is 4.06. The number of carbonyl (C=O) groups is 1. The predicted molar refractivity (Wildman–Crippen MR) is 104 cm³/mol. The summed E-state index contributed by atoms with van der Waals surface area (Å²) < 4.78 is 6.98. The normalized spacial score (nSPS) is 10.5. The quantitative estimate of drug-likeness (QED) is 0.765. The molecule has 0 saturated carbocycles. The maximum atomic E-state index is 12.5. The van der Waals surface area contributed by atoms with Crippen molar-refractivity contribution in [1.29, 1.82) is 0 Å². The zero-order valence-electron chi connectivity index (χ0n) is 15.4. The van der Waals surface area contributed by atoms with Gasteiger partial charge in [0.05, 0.1) is 12.8 Å². The molecule has 6 heteroatoms. The molecule has 2 aromatic carbocycles. The highest BCUT2D eigenvalue weighted by atomic mass is 16.5. The van der Waals surface area contributed by atoms with Gasteiger partial charge in [-0.3, -0.25) is 4.79 Å². The highest BCUT2D eigenvalue weighted by Gasteiger charge is 2.14. The first-order valence-electron chi connectivity index (χ1n) is 8.28. The van der Waals surface area contributed by atoms with E-state index in [9.17, 15) is 4.79 Å². The van der Waals surface area contributed by atoms with E-state index in [-0.39, 0.29) is 5.91 Å². The number of carbonyl (C=O) groups excluding carboxylic acids is 1. The minimum atomic E-state index is -0.243. The van der Waals surface area contributed by atoms with E-state index in [1.807, 2.05) is 74.4 Å². The first-order chi connectivity index (χ1) is 12.5. The van der Waals surface area contributed by atoms with Crippen LogP contribution in [0.1, 0.15) is 16.2 Å². The van der Waals surface area contributed by atoms with Gasteiger partial charge in [-0.05, 0) is 49.4 Å². The van der Waals surface area contributed by atoms with E-state index in [1.54, 1.807) is 17.9 Å². The van der Waals surface area contributed by atoms with Crippen LogP contribution < -0.4 is 15.0 Å². The Balaban J connectivity index is 1.80. The Bertz CT molecular complexity index is 914. The molecule has 3 aromatic rings. The monoisotopic (exact) mass is 350 g/mol. The van der Waals surface area contributed by atoms with Crippen LogP contribution in [0, 0.1) is 6.92 Å². The van der Waals surface area contributed by atoms with Gasteiger partial charge in [0, 0.05) is 37.2 Å². The molecule has 0 aliphatic rings. The Morgan fingerprint density at radius 3 is 2.50 bits per heavy atom. The van der Waals surface area contributed by atoms with Gasteiger partial charge in [-0.15, -0.1) is 0 Å². The number of ether oxygens (including phenoxy) is 1. The van der Waals surface area contributed by atoms with Crippen LogP contribution in [0.25, 0.3) is 5.69 Å². The van der Waals surface area contributed by atoms with Crippen LogP contribution in [-0.4, -0.2) is 36.9 Å². The Kier molecular flexibility index (Phi) is 4.93. The molecule has 1 heterocycles. The molecule has 1 amide bonds. The Hall–Kier alpha value is -3.28. The third-order valence-corrected chi connectivity index (χ3v) is 4.06. The average Bonchev–Trinajstić information content (AvgIpc) is 3.04. The molecule has 6 nitrogen and oxygen atoms in total.